The Bertz CT molecular complexity index is 2710. The van der Waals surface area contributed by atoms with Crippen LogP contribution in [0, 0.1) is 0 Å². The van der Waals surface area contributed by atoms with Gasteiger partial charge in [-0.3, -0.25) is 0 Å². The molecule has 0 amide bonds. The summed E-state index contributed by atoms with van der Waals surface area (Å²) in [5.41, 5.74) is 7.79. The third-order valence-electron chi connectivity index (χ3n) is 9.63. The molecule has 1 heterocycles. The average Bonchev–Trinajstić information content (AvgIpc) is 3.55. The van der Waals surface area contributed by atoms with Gasteiger partial charge in [-0.05, 0) is 67.6 Å². The molecule has 1 aromatic heterocycles. The van der Waals surface area contributed by atoms with Crippen LogP contribution in [-0.2, 0) is 0 Å². The Morgan fingerprint density at radius 3 is 1.36 bits per heavy atom. The van der Waals surface area contributed by atoms with E-state index in [9.17, 15) is 25.5 Å². The summed E-state index contributed by atoms with van der Waals surface area (Å²) in [6, 6.07) is 46.1. The lowest BCUT2D eigenvalue weighted by atomic mass is 9.85. The van der Waals surface area contributed by atoms with Gasteiger partial charge in [0, 0.05) is 21.9 Å². The zero-order valence-electron chi connectivity index (χ0n) is 26.4. The predicted molar refractivity (Wildman–Crippen MR) is 199 cm³/mol. The van der Waals surface area contributed by atoms with Crippen molar-refractivity contribution < 1.29 is 29.9 Å². The number of rotatable bonds is 4. The normalized spacial score (nSPS) is 11.6. The van der Waals surface area contributed by atoms with Crippen LogP contribution in [0.25, 0.3) is 88.0 Å². The molecule has 9 rings (SSSR count). The van der Waals surface area contributed by atoms with E-state index in [1.54, 1.807) is 0 Å². The molecule has 240 valence electrons. The number of hydrogen-bond donors (Lipinski definition) is 5. The maximum atomic E-state index is 11.1. The standard InChI is InChI=1S/C44H28O6/c45-39-38(40(46)42(48)43(49)41(39)47)36-31-17-9-7-15-29(31)35(30-16-8-10-18-32(30)36)26-19-22-34-33(23-26)37-27(24-11-3-1-4-12-24)20-21-28(44(37)50-34)25-13-5-2-6-14-25/h1-23,45-49H. The van der Waals surface area contributed by atoms with Gasteiger partial charge in [0.05, 0.1) is 5.56 Å². The molecule has 0 aliphatic carbocycles. The quantitative estimate of drug-likeness (QED) is 0.0734. The molecule has 0 radical (unpaired) electrons. The molecule has 0 unspecified atom stereocenters. The van der Waals surface area contributed by atoms with Gasteiger partial charge in [0.15, 0.2) is 11.5 Å². The fourth-order valence-electron chi connectivity index (χ4n) is 7.37. The van der Waals surface area contributed by atoms with E-state index in [4.69, 9.17) is 4.42 Å². The van der Waals surface area contributed by atoms with Crippen molar-refractivity contribution in [2.45, 2.75) is 0 Å². The van der Waals surface area contributed by atoms with Crippen LogP contribution in [0.1, 0.15) is 0 Å². The molecule has 5 N–H and O–H groups in total. The first-order valence-corrected chi connectivity index (χ1v) is 16.2. The van der Waals surface area contributed by atoms with E-state index in [1.165, 1.54) is 0 Å². The zero-order chi connectivity index (χ0) is 34.1. The minimum atomic E-state index is -1.00. The Morgan fingerprint density at radius 2 is 0.800 bits per heavy atom. The molecule has 0 bridgehead atoms. The molecule has 6 nitrogen and oxygen atoms in total. The Kier molecular flexibility index (Phi) is 6.48. The van der Waals surface area contributed by atoms with Crippen molar-refractivity contribution in [3.63, 3.8) is 0 Å². The molecule has 0 fully saturated rings. The molecule has 0 saturated carbocycles. The van der Waals surface area contributed by atoms with Crippen molar-refractivity contribution in [2.24, 2.45) is 0 Å². The Labute approximate surface area is 285 Å². The second kappa shape index (κ2) is 11.1. The highest BCUT2D eigenvalue weighted by Gasteiger charge is 2.28. The molecule has 0 atom stereocenters. The van der Waals surface area contributed by atoms with Crippen molar-refractivity contribution in [3.8, 4) is 73.3 Å². The molecule has 6 heteroatoms. The summed E-state index contributed by atoms with van der Waals surface area (Å²) >= 11 is 0. The molecular formula is C44H28O6. The van der Waals surface area contributed by atoms with E-state index >= 15 is 0 Å². The minimum absolute atomic E-state index is 0.186. The lowest BCUT2D eigenvalue weighted by molar-refractivity contribution is 0.330. The van der Waals surface area contributed by atoms with Crippen LogP contribution in [0.5, 0.6) is 28.7 Å². The molecule has 0 spiro atoms. The van der Waals surface area contributed by atoms with Gasteiger partial charge in [-0.15, -0.1) is 0 Å². The summed E-state index contributed by atoms with van der Waals surface area (Å²) in [5, 5.41) is 58.2. The van der Waals surface area contributed by atoms with Gasteiger partial charge in [-0.2, -0.15) is 0 Å². The van der Waals surface area contributed by atoms with Crippen molar-refractivity contribution in [3.05, 3.63) is 140 Å². The van der Waals surface area contributed by atoms with E-state index in [0.29, 0.717) is 16.3 Å². The van der Waals surface area contributed by atoms with Crippen LogP contribution < -0.4 is 0 Å². The summed E-state index contributed by atoms with van der Waals surface area (Å²) < 4.78 is 6.68. The monoisotopic (exact) mass is 652 g/mol. The SMILES string of the molecule is Oc1c(O)c(O)c(-c2c3ccccc3c(-c3ccc4oc5c(-c6ccccc6)ccc(-c6ccccc6)c5c4c3)c3ccccc23)c(O)c1O. The average molecular weight is 653 g/mol. The van der Waals surface area contributed by atoms with Crippen LogP contribution in [0.3, 0.4) is 0 Å². The van der Waals surface area contributed by atoms with Gasteiger partial charge in [0.2, 0.25) is 17.2 Å². The van der Waals surface area contributed by atoms with E-state index in [2.05, 4.69) is 42.5 Å². The van der Waals surface area contributed by atoms with Crippen LogP contribution in [0.4, 0.5) is 0 Å². The van der Waals surface area contributed by atoms with Gasteiger partial charge in [-0.1, -0.05) is 121 Å². The number of aromatic hydroxyl groups is 5. The van der Waals surface area contributed by atoms with Crippen LogP contribution in [-0.4, -0.2) is 25.5 Å². The molecule has 0 aliphatic heterocycles. The largest absolute Gasteiger partial charge is 0.504 e. The number of phenolic OH excluding ortho intramolecular Hbond substituents is 5. The summed E-state index contributed by atoms with van der Waals surface area (Å²) in [4.78, 5) is 0. The first kappa shape index (κ1) is 29.2. The summed E-state index contributed by atoms with van der Waals surface area (Å²) in [6.45, 7) is 0. The Hall–Kier alpha value is -6.92. The second-order valence-corrected chi connectivity index (χ2v) is 12.4. The fourth-order valence-corrected chi connectivity index (χ4v) is 7.37. The van der Waals surface area contributed by atoms with Crippen molar-refractivity contribution in [1.82, 2.24) is 0 Å². The third-order valence-corrected chi connectivity index (χ3v) is 9.63. The summed E-state index contributed by atoms with van der Waals surface area (Å²) in [7, 11) is 0. The van der Waals surface area contributed by atoms with Gasteiger partial charge in [0.25, 0.3) is 0 Å². The lowest BCUT2D eigenvalue weighted by Crippen LogP contribution is -1.92. The van der Waals surface area contributed by atoms with Crippen molar-refractivity contribution >= 4 is 43.5 Å². The highest BCUT2D eigenvalue weighted by Crippen LogP contribution is 2.58. The first-order chi connectivity index (χ1) is 24.4. The lowest BCUT2D eigenvalue weighted by Gasteiger charge is -2.20. The summed E-state index contributed by atoms with van der Waals surface area (Å²) in [5.74, 6) is -4.33. The second-order valence-electron chi connectivity index (χ2n) is 12.4. The number of phenols is 5. The predicted octanol–water partition coefficient (Wildman–Crippen LogP) is 11.1. The number of hydrogen-bond acceptors (Lipinski definition) is 6. The smallest absolute Gasteiger partial charge is 0.208 e. The van der Waals surface area contributed by atoms with Gasteiger partial charge >= 0.3 is 0 Å². The highest BCUT2D eigenvalue weighted by atomic mass is 16.4. The Morgan fingerprint density at radius 1 is 0.340 bits per heavy atom. The van der Waals surface area contributed by atoms with E-state index < -0.39 is 28.7 Å². The van der Waals surface area contributed by atoms with E-state index in [1.807, 2.05) is 97.1 Å². The topological polar surface area (TPSA) is 114 Å². The van der Waals surface area contributed by atoms with Gasteiger partial charge in [-0.25, -0.2) is 0 Å². The van der Waals surface area contributed by atoms with Crippen LogP contribution in [0.2, 0.25) is 0 Å². The number of benzene rings is 8. The molecule has 0 saturated heterocycles. The maximum absolute atomic E-state index is 11.1. The van der Waals surface area contributed by atoms with Gasteiger partial charge < -0.3 is 29.9 Å². The summed E-state index contributed by atoms with van der Waals surface area (Å²) in [6.07, 6.45) is 0. The number of furan rings is 1. The third kappa shape index (κ3) is 4.22. The van der Waals surface area contributed by atoms with Crippen LogP contribution >= 0.6 is 0 Å². The van der Waals surface area contributed by atoms with Crippen molar-refractivity contribution in [2.75, 3.05) is 0 Å². The Balaban J connectivity index is 1.39. The van der Waals surface area contributed by atoms with Crippen LogP contribution in [0.15, 0.2) is 144 Å². The first-order valence-electron chi connectivity index (χ1n) is 16.2. The van der Waals surface area contributed by atoms with Crippen molar-refractivity contribution in [1.29, 1.82) is 0 Å². The molecular weight excluding hydrogens is 624 g/mol. The number of fused-ring (bicyclic) bond motifs is 5. The minimum Gasteiger partial charge on any atom is -0.504 e. The maximum Gasteiger partial charge on any atom is 0.208 e. The van der Waals surface area contributed by atoms with E-state index in [-0.39, 0.29) is 5.56 Å². The fraction of sp³-hybridized carbons (Fsp3) is 0. The van der Waals surface area contributed by atoms with Gasteiger partial charge in [0.1, 0.15) is 11.2 Å². The molecule has 0 aliphatic rings. The van der Waals surface area contributed by atoms with E-state index in [0.717, 1.165) is 66.1 Å². The zero-order valence-corrected chi connectivity index (χ0v) is 26.4. The molecule has 50 heavy (non-hydrogen) atoms. The highest BCUT2D eigenvalue weighted by molar-refractivity contribution is 6.24. The molecule has 9 aromatic rings. The molecule has 8 aromatic carbocycles.